The molecule has 0 saturated heterocycles. The summed E-state index contributed by atoms with van der Waals surface area (Å²) in [5.41, 5.74) is 7.42. The monoisotopic (exact) mass is 242 g/mol. The van der Waals surface area contributed by atoms with Gasteiger partial charge in [-0.15, -0.1) is 0 Å². The first-order chi connectivity index (χ1) is 7.57. The molecule has 4 N–H and O–H groups in total. The minimum atomic E-state index is -0.213. The lowest BCUT2D eigenvalue weighted by Gasteiger charge is -2.04. The maximum atomic E-state index is 11.7. The van der Waals surface area contributed by atoms with Crippen LogP contribution in [0.25, 0.3) is 0 Å². The molecule has 0 atom stereocenters. The molecule has 16 heavy (non-hydrogen) atoms. The number of hydrogen-bond donors (Lipinski definition) is 3. The van der Waals surface area contributed by atoms with Gasteiger partial charge in [0.2, 0.25) is 0 Å². The highest BCUT2D eigenvalue weighted by molar-refractivity contribution is 7.98. The molecule has 0 bridgehead atoms. The molecule has 1 heterocycles. The van der Waals surface area contributed by atoms with E-state index >= 15 is 0 Å². The maximum Gasteiger partial charge on any atom is 0.273 e. The lowest BCUT2D eigenvalue weighted by molar-refractivity contribution is 0.0952. The summed E-state index contributed by atoms with van der Waals surface area (Å²) in [5.74, 6) is 0.905. The minimum Gasteiger partial charge on any atom is -0.395 e. The number of H-pyrrole nitrogens is 1. The molecule has 0 radical (unpaired) electrons. The van der Waals surface area contributed by atoms with Crippen molar-refractivity contribution in [2.75, 3.05) is 24.3 Å². The van der Waals surface area contributed by atoms with E-state index in [2.05, 4.69) is 15.5 Å². The normalized spacial score (nSPS) is 10.8. The molecule has 0 aromatic carbocycles. The zero-order chi connectivity index (χ0) is 12.1. The van der Waals surface area contributed by atoms with Crippen molar-refractivity contribution in [1.29, 1.82) is 0 Å². The molecule has 90 valence electrons. The molecule has 0 saturated carbocycles. The van der Waals surface area contributed by atoms with Crippen LogP contribution in [0.15, 0.2) is 0 Å². The standard InChI is InChI=1S/C10H18N4OS/c1-6(2)8-7(11)9(14-13-8)10(15)12-4-5-16-3/h6H,4-5,11H2,1-3H3,(H,12,15)(H,13,14). The highest BCUT2D eigenvalue weighted by atomic mass is 32.2. The van der Waals surface area contributed by atoms with Gasteiger partial charge in [0.15, 0.2) is 5.69 Å². The van der Waals surface area contributed by atoms with Gasteiger partial charge in [-0.25, -0.2) is 0 Å². The van der Waals surface area contributed by atoms with E-state index in [1.54, 1.807) is 11.8 Å². The Bertz CT molecular complexity index is 362. The van der Waals surface area contributed by atoms with Crippen LogP contribution < -0.4 is 11.1 Å². The second-order valence-electron chi connectivity index (χ2n) is 3.80. The van der Waals surface area contributed by atoms with Gasteiger partial charge in [0.05, 0.1) is 11.4 Å². The van der Waals surface area contributed by atoms with Crippen molar-refractivity contribution in [3.05, 3.63) is 11.4 Å². The number of carbonyl (C=O) groups is 1. The molecule has 0 unspecified atom stereocenters. The van der Waals surface area contributed by atoms with Gasteiger partial charge in [-0.2, -0.15) is 16.9 Å². The Labute approximate surface area is 99.6 Å². The molecule has 1 aromatic rings. The zero-order valence-corrected chi connectivity index (χ0v) is 10.6. The fourth-order valence-electron chi connectivity index (χ4n) is 1.33. The minimum absolute atomic E-state index is 0.213. The number of aromatic nitrogens is 2. The summed E-state index contributed by atoms with van der Waals surface area (Å²) in [6, 6.07) is 0. The molecule has 1 rings (SSSR count). The SMILES string of the molecule is CSCCNC(=O)c1n[nH]c(C(C)C)c1N. The number of amides is 1. The van der Waals surface area contributed by atoms with Gasteiger partial charge in [-0.1, -0.05) is 13.8 Å². The van der Waals surface area contributed by atoms with Crippen LogP contribution in [0.5, 0.6) is 0 Å². The molecular formula is C10H18N4OS. The van der Waals surface area contributed by atoms with Gasteiger partial charge < -0.3 is 11.1 Å². The lowest BCUT2D eigenvalue weighted by atomic mass is 10.1. The average molecular weight is 242 g/mol. The largest absolute Gasteiger partial charge is 0.395 e. The second-order valence-corrected chi connectivity index (χ2v) is 4.79. The third kappa shape index (κ3) is 2.91. The average Bonchev–Trinajstić information content (AvgIpc) is 2.60. The van der Waals surface area contributed by atoms with Gasteiger partial charge in [0.25, 0.3) is 5.91 Å². The zero-order valence-electron chi connectivity index (χ0n) is 9.83. The maximum absolute atomic E-state index is 11.7. The van der Waals surface area contributed by atoms with Crippen LogP contribution in [0.3, 0.4) is 0 Å². The summed E-state index contributed by atoms with van der Waals surface area (Å²) >= 11 is 1.68. The van der Waals surface area contributed by atoms with Crippen molar-refractivity contribution in [2.24, 2.45) is 0 Å². The molecule has 1 amide bonds. The third-order valence-corrected chi connectivity index (χ3v) is 2.83. The number of aromatic amines is 1. The molecule has 0 aliphatic heterocycles. The van der Waals surface area contributed by atoms with Crippen LogP contribution in [0.2, 0.25) is 0 Å². The summed E-state index contributed by atoms with van der Waals surface area (Å²) < 4.78 is 0. The lowest BCUT2D eigenvalue weighted by Crippen LogP contribution is -2.26. The second kappa shape index (κ2) is 5.79. The Balaban J connectivity index is 2.69. The number of nitrogens with one attached hydrogen (secondary N) is 2. The fourth-order valence-corrected chi connectivity index (χ4v) is 1.63. The molecule has 6 heteroatoms. The summed E-state index contributed by atoms with van der Waals surface area (Å²) in [4.78, 5) is 11.7. The predicted octanol–water partition coefficient (Wildman–Crippen LogP) is 1.21. The summed E-state index contributed by atoms with van der Waals surface area (Å²) in [5, 5.41) is 9.52. The number of nitrogen functional groups attached to an aromatic ring is 1. The van der Waals surface area contributed by atoms with E-state index in [-0.39, 0.29) is 11.8 Å². The smallest absolute Gasteiger partial charge is 0.273 e. The van der Waals surface area contributed by atoms with Crippen molar-refractivity contribution in [3.8, 4) is 0 Å². The van der Waals surface area contributed by atoms with Crippen LogP contribution >= 0.6 is 11.8 Å². The van der Waals surface area contributed by atoms with Crippen LogP contribution in [-0.2, 0) is 0 Å². The van der Waals surface area contributed by atoms with Gasteiger partial charge in [-0.05, 0) is 12.2 Å². The highest BCUT2D eigenvalue weighted by Crippen LogP contribution is 2.21. The van der Waals surface area contributed by atoms with Gasteiger partial charge in [0.1, 0.15) is 0 Å². The van der Waals surface area contributed by atoms with Crippen LogP contribution in [-0.4, -0.2) is 34.7 Å². The highest BCUT2D eigenvalue weighted by Gasteiger charge is 2.18. The Morgan fingerprint density at radius 2 is 2.31 bits per heavy atom. The Morgan fingerprint density at radius 3 is 2.81 bits per heavy atom. The topological polar surface area (TPSA) is 83.8 Å². The molecule has 5 nitrogen and oxygen atoms in total. The molecule has 0 aliphatic carbocycles. The molecule has 0 aliphatic rings. The number of rotatable bonds is 5. The fraction of sp³-hybridized carbons (Fsp3) is 0.600. The van der Waals surface area contributed by atoms with Crippen LogP contribution in [0, 0.1) is 0 Å². The first kappa shape index (κ1) is 12.9. The number of nitrogens with two attached hydrogens (primary N) is 1. The predicted molar refractivity (Wildman–Crippen MR) is 67.8 cm³/mol. The van der Waals surface area contributed by atoms with Crippen molar-refractivity contribution in [2.45, 2.75) is 19.8 Å². The van der Waals surface area contributed by atoms with E-state index < -0.39 is 0 Å². The van der Waals surface area contributed by atoms with E-state index in [4.69, 9.17) is 5.73 Å². The summed E-state index contributed by atoms with van der Waals surface area (Å²) in [7, 11) is 0. The van der Waals surface area contributed by atoms with Crippen molar-refractivity contribution in [3.63, 3.8) is 0 Å². The van der Waals surface area contributed by atoms with Crippen LogP contribution in [0.1, 0.15) is 35.9 Å². The van der Waals surface area contributed by atoms with Crippen LogP contribution in [0.4, 0.5) is 5.69 Å². The number of thioether (sulfide) groups is 1. The number of anilines is 1. The Kier molecular flexibility index (Phi) is 4.67. The van der Waals surface area contributed by atoms with Gasteiger partial charge >= 0.3 is 0 Å². The first-order valence-corrected chi connectivity index (χ1v) is 6.58. The number of hydrogen-bond acceptors (Lipinski definition) is 4. The van der Waals surface area contributed by atoms with Crippen molar-refractivity contribution < 1.29 is 4.79 Å². The Morgan fingerprint density at radius 1 is 1.62 bits per heavy atom. The summed E-state index contributed by atoms with van der Waals surface area (Å²) in [6.45, 7) is 4.63. The number of nitrogens with zero attached hydrogens (tertiary/aromatic N) is 1. The van der Waals surface area contributed by atoms with E-state index in [1.165, 1.54) is 0 Å². The molecular weight excluding hydrogens is 224 g/mol. The molecule has 0 fully saturated rings. The van der Waals surface area contributed by atoms with E-state index in [9.17, 15) is 4.79 Å². The quantitative estimate of drug-likeness (QED) is 0.678. The van der Waals surface area contributed by atoms with Gasteiger partial charge in [0, 0.05) is 12.3 Å². The number of carbonyl (C=O) groups excluding carboxylic acids is 1. The molecule has 1 aromatic heterocycles. The van der Waals surface area contributed by atoms with Gasteiger partial charge in [-0.3, -0.25) is 9.89 Å². The Hall–Kier alpha value is -1.17. The third-order valence-electron chi connectivity index (χ3n) is 2.22. The summed E-state index contributed by atoms with van der Waals surface area (Å²) in [6.07, 6.45) is 1.99. The van der Waals surface area contributed by atoms with Crippen molar-refractivity contribution in [1.82, 2.24) is 15.5 Å². The van der Waals surface area contributed by atoms with Crippen molar-refractivity contribution >= 4 is 23.4 Å². The van der Waals surface area contributed by atoms with E-state index in [0.29, 0.717) is 17.9 Å². The van der Waals surface area contributed by atoms with E-state index in [1.807, 2.05) is 20.1 Å². The first-order valence-electron chi connectivity index (χ1n) is 5.18. The molecule has 0 spiro atoms. The van der Waals surface area contributed by atoms with E-state index in [0.717, 1.165) is 11.4 Å².